The number of aryl methyl sites for hydroxylation is 2. The summed E-state index contributed by atoms with van der Waals surface area (Å²) in [5.41, 5.74) is 3.55. The third-order valence-corrected chi connectivity index (χ3v) is 5.96. The van der Waals surface area contributed by atoms with E-state index in [4.69, 9.17) is 23.8 Å². The zero-order chi connectivity index (χ0) is 21.0. The maximum atomic E-state index is 13.0. The second kappa shape index (κ2) is 8.82. The van der Waals surface area contributed by atoms with Gasteiger partial charge in [-0.05, 0) is 80.2 Å². The Kier molecular flexibility index (Phi) is 6.42. The molecular formula is C21H20ClN3O2S2. The van der Waals surface area contributed by atoms with Crippen LogP contribution in [0.25, 0.3) is 0 Å². The first kappa shape index (κ1) is 21.1. The lowest BCUT2D eigenvalue weighted by Gasteiger charge is -2.16. The molecule has 0 atom stereocenters. The maximum absolute atomic E-state index is 13.0. The van der Waals surface area contributed by atoms with Crippen LogP contribution in [-0.2, 0) is 10.0 Å². The summed E-state index contributed by atoms with van der Waals surface area (Å²) in [7, 11) is -3.85. The van der Waals surface area contributed by atoms with Gasteiger partial charge < -0.3 is 10.6 Å². The number of thiocarbonyl (C=S) groups is 1. The zero-order valence-corrected chi connectivity index (χ0v) is 18.3. The van der Waals surface area contributed by atoms with Gasteiger partial charge in [0.1, 0.15) is 4.90 Å². The average Bonchev–Trinajstić information content (AvgIpc) is 2.67. The monoisotopic (exact) mass is 445 g/mol. The van der Waals surface area contributed by atoms with Crippen LogP contribution in [0.3, 0.4) is 0 Å². The molecule has 150 valence electrons. The predicted molar refractivity (Wildman–Crippen MR) is 124 cm³/mol. The number of sulfonamides is 1. The van der Waals surface area contributed by atoms with Gasteiger partial charge in [0.15, 0.2) is 5.11 Å². The lowest BCUT2D eigenvalue weighted by molar-refractivity contribution is 0.601. The molecule has 0 aliphatic rings. The first-order chi connectivity index (χ1) is 13.7. The lowest BCUT2D eigenvalue weighted by atomic mass is 10.2. The predicted octanol–water partition coefficient (Wildman–Crippen LogP) is 5.57. The Morgan fingerprint density at radius 2 is 1.41 bits per heavy atom. The smallest absolute Gasteiger partial charge is 0.263 e. The normalized spacial score (nSPS) is 11.0. The molecule has 0 aromatic heterocycles. The molecule has 0 fully saturated rings. The maximum Gasteiger partial charge on any atom is 0.263 e. The highest BCUT2D eigenvalue weighted by molar-refractivity contribution is 7.93. The van der Waals surface area contributed by atoms with Crippen molar-refractivity contribution in [3.05, 3.63) is 82.9 Å². The van der Waals surface area contributed by atoms with E-state index in [2.05, 4.69) is 15.4 Å². The quantitative estimate of drug-likeness (QED) is 0.448. The number of nitrogens with one attached hydrogen (secondary N) is 3. The van der Waals surface area contributed by atoms with Crippen LogP contribution >= 0.6 is 23.8 Å². The minimum absolute atomic E-state index is 0.0977. The SMILES string of the molecule is Cc1ccc(NC(=S)Nc2ccc(C)cc2S(=O)(=O)Nc2ccc(Cl)cc2)cc1. The Hall–Kier alpha value is -2.61. The molecular weight excluding hydrogens is 426 g/mol. The van der Waals surface area contributed by atoms with E-state index in [1.807, 2.05) is 44.2 Å². The van der Waals surface area contributed by atoms with Crippen molar-refractivity contribution in [2.24, 2.45) is 0 Å². The molecule has 3 aromatic rings. The molecule has 8 heteroatoms. The van der Waals surface area contributed by atoms with Crippen LogP contribution in [0.5, 0.6) is 0 Å². The van der Waals surface area contributed by atoms with E-state index in [0.29, 0.717) is 21.5 Å². The van der Waals surface area contributed by atoms with Crippen molar-refractivity contribution in [2.75, 3.05) is 15.4 Å². The fraction of sp³-hybridized carbons (Fsp3) is 0.0952. The molecule has 5 nitrogen and oxygen atoms in total. The number of benzene rings is 3. The summed E-state index contributed by atoms with van der Waals surface area (Å²) >= 11 is 11.2. The molecule has 0 bridgehead atoms. The second-order valence-corrected chi connectivity index (χ2v) is 9.05. The van der Waals surface area contributed by atoms with Crippen LogP contribution in [0.1, 0.15) is 11.1 Å². The van der Waals surface area contributed by atoms with E-state index in [-0.39, 0.29) is 4.90 Å². The average molecular weight is 446 g/mol. The van der Waals surface area contributed by atoms with Crippen molar-refractivity contribution in [3.8, 4) is 0 Å². The lowest BCUT2D eigenvalue weighted by Crippen LogP contribution is -2.22. The van der Waals surface area contributed by atoms with Gasteiger partial charge in [-0.3, -0.25) is 4.72 Å². The molecule has 3 rings (SSSR count). The molecule has 3 aromatic carbocycles. The van der Waals surface area contributed by atoms with E-state index in [9.17, 15) is 8.42 Å². The zero-order valence-electron chi connectivity index (χ0n) is 15.9. The minimum atomic E-state index is -3.85. The highest BCUT2D eigenvalue weighted by Gasteiger charge is 2.20. The first-order valence-electron chi connectivity index (χ1n) is 8.77. The topological polar surface area (TPSA) is 70.2 Å². The van der Waals surface area contributed by atoms with Crippen molar-refractivity contribution in [1.82, 2.24) is 0 Å². The van der Waals surface area contributed by atoms with Crippen LogP contribution < -0.4 is 15.4 Å². The summed E-state index contributed by atoms with van der Waals surface area (Å²) in [5.74, 6) is 0. The Morgan fingerprint density at radius 1 is 0.828 bits per heavy atom. The van der Waals surface area contributed by atoms with Crippen LogP contribution in [-0.4, -0.2) is 13.5 Å². The molecule has 0 heterocycles. The number of halogens is 1. The molecule has 0 aliphatic heterocycles. The number of hydrogen-bond donors (Lipinski definition) is 3. The largest absolute Gasteiger partial charge is 0.332 e. The standard InChI is InChI=1S/C21H20ClN3O2S2/c1-14-3-8-17(9-4-14)23-21(28)24-19-12-5-15(2)13-20(19)29(26,27)25-18-10-6-16(22)7-11-18/h3-13,25H,1-2H3,(H2,23,24,28). The highest BCUT2D eigenvalue weighted by atomic mass is 35.5. The van der Waals surface area contributed by atoms with Gasteiger partial charge in [-0.1, -0.05) is 35.4 Å². The Morgan fingerprint density at radius 3 is 2.07 bits per heavy atom. The van der Waals surface area contributed by atoms with Crippen molar-refractivity contribution in [2.45, 2.75) is 18.7 Å². The van der Waals surface area contributed by atoms with Crippen molar-refractivity contribution in [1.29, 1.82) is 0 Å². The van der Waals surface area contributed by atoms with Gasteiger partial charge in [0.2, 0.25) is 0 Å². The minimum Gasteiger partial charge on any atom is -0.332 e. The summed E-state index contributed by atoms with van der Waals surface area (Å²) < 4.78 is 28.5. The molecule has 0 saturated carbocycles. The van der Waals surface area contributed by atoms with E-state index in [1.54, 1.807) is 36.4 Å². The first-order valence-corrected chi connectivity index (χ1v) is 11.0. The number of anilines is 3. The summed E-state index contributed by atoms with van der Waals surface area (Å²) in [6.45, 7) is 3.82. The summed E-state index contributed by atoms with van der Waals surface area (Å²) in [6.07, 6.45) is 0. The van der Waals surface area contributed by atoms with E-state index in [0.717, 1.165) is 16.8 Å². The van der Waals surface area contributed by atoms with Crippen molar-refractivity contribution < 1.29 is 8.42 Å². The van der Waals surface area contributed by atoms with Gasteiger partial charge in [-0.25, -0.2) is 8.42 Å². The fourth-order valence-corrected chi connectivity index (χ4v) is 4.26. The van der Waals surface area contributed by atoms with E-state index >= 15 is 0 Å². The second-order valence-electron chi connectivity index (χ2n) is 6.56. The Bertz CT molecular complexity index is 1130. The van der Waals surface area contributed by atoms with Crippen molar-refractivity contribution >= 4 is 56.0 Å². The van der Waals surface area contributed by atoms with Crippen LogP contribution in [0.2, 0.25) is 5.02 Å². The molecule has 0 unspecified atom stereocenters. The third-order valence-electron chi connectivity index (χ3n) is 4.08. The van der Waals surface area contributed by atoms with Gasteiger partial charge in [0, 0.05) is 16.4 Å². The Balaban J connectivity index is 1.83. The van der Waals surface area contributed by atoms with Gasteiger partial charge in [-0.2, -0.15) is 0 Å². The van der Waals surface area contributed by atoms with Crippen molar-refractivity contribution in [3.63, 3.8) is 0 Å². The molecule has 0 saturated heterocycles. The van der Waals surface area contributed by atoms with E-state index in [1.165, 1.54) is 0 Å². The molecule has 0 spiro atoms. The van der Waals surface area contributed by atoms with Gasteiger partial charge in [0.25, 0.3) is 10.0 Å². The van der Waals surface area contributed by atoms with Crippen LogP contribution in [0, 0.1) is 13.8 Å². The number of hydrogen-bond acceptors (Lipinski definition) is 3. The molecule has 0 radical (unpaired) electrons. The molecule has 0 aliphatic carbocycles. The third kappa shape index (κ3) is 5.69. The van der Waals surface area contributed by atoms with Gasteiger partial charge in [0.05, 0.1) is 5.69 Å². The van der Waals surface area contributed by atoms with Crippen LogP contribution in [0.4, 0.5) is 17.1 Å². The highest BCUT2D eigenvalue weighted by Crippen LogP contribution is 2.26. The molecule has 0 amide bonds. The summed E-state index contributed by atoms with van der Waals surface area (Å²) in [4.78, 5) is 0.0977. The van der Waals surface area contributed by atoms with Gasteiger partial charge >= 0.3 is 0 Å². The summed E-state index contributed by atoms with van der Waals surface area (Å²) in [6, 6.07) is 19.3. The molecule has 3 N–H and O–H groups in total. The van der Waals surface area contributed by atoms with Gasteiger partial charge in [-0.15, -0.1) is 0 Å². The fourth-order valence-electron chi connectivity index (χ4n) is 2.60. The van der Waals surface area contributed by atoms with Crippen LogP contribution in [0.15, 0.2) is 71.6 Å². The molecule has 29 heavy (non-hydrogen) atoms. The van der Waals surface area contributed by atoms with E-state index < -0.39 is 10.0 Å². The number of rotatable bonds is 5. The summed E-state index contributed by atoms with van der Waals surface area (Å²) in [5, 5.41) is 6.86. The Labute approximate surface area is 181 Å².